The number of carbonyl (C=O) groups is 1. The van der Waals surface area contributed by atoms with Gasteiger partial charge in [-0.25, -0.2) is 4.79 Å². The molecule has 1 saturated heterocycles. The van der Waals surface area contributed by atoms with Gasteiger partial charge in [0.15, 0.2) is 0 Å². The predicted molar refractivity (Wildman–Crippen MR) is 92.1 cm³/mol. The van der Waals surface area contributed by atoms with Crippen molar-refractivity contribution >= 4 is 5.97 Å². The number of cyclic esters (lactones) is 1. The van der Waals surface area contributed by atoms with Crippen molar-refractivity contribution in [1.82, 2.24) is 0 Å². The number of unbranched alkanes of at least 4 members (excludes halogenated alkanes) is 10. The third-order valence-electron chi connectivity index (χ3n) is 4.82. The van der Waals surface area contributed by atoms with Gasteiger partial charge in [-0.3, -0.25) is 0 Å². The molecule has 136 valence electrons. The van der Waals surface area contributed by atoms with E-state index in [-0.39, 0.29) is 6.61 Å². The lowest BCUT2D eigenvalue weighted by molar-refractivity contribution is -0.239. The molecule has 23 heavy (non-hydrogen) atoms. The molecule has 1 atom stereocenters. The highest BCUT2D eigenvalue weighted by Gasteiger charge is 2.58. The number of aliphatic hydroxyl groups is 1. The quantitative estimate of drug-likeness (QED) is 0.305. The fourth-order valence-electron chi connectivity index (χ4n) is 2.96. The van der Waals surface area contributed by atoms with E-state index in [0.29, 0.717) is 6.61 Å². The van der Waals surface area contributed by atoms with Crippen molar-refractivity contribution in [2.75, 3.05) is 13.2 Å². The van der Waals surface area contributed by atoms with Crippen LogP contribution in [0.2, 0.25) is 0 Å². The molecule has 1 heterocycles. The van der Waals surface area contributed by atoms with Crippen LogP contribution in [0.3, 0.4) is 0 Å². The number of rotatable bonds is 13. The van der Waals surface area contributed by atoms with Gasteiger partial charge < -0.3 is 14.6 Å². The SMILES string of the molecule is CCCCCCCCCCCCCOC1(O)C(=O)OCC1(C)C. The topological polar surface area (TPSA) is 55.8 Å². The minimum absolute atomic E-state index is 0.209. The molecule has 1 rings (SSSR count). The second-order valence-corrected chi connectivity index (χ2v) is 7.49. The molecule has 0 aromatic carbocycles. The largest absolute Gasteiger partial charge is 0.461 e. The highest BCUT2D eigenvalue weighted by Crippen LogP contribution is 2.39. The Morgan fingerprint density at radius 2 is 1.43 bits per heavy atom. The number of hydrogen-bond donors (Lipinski definition) is 1. The molecule has 0 aliphatic carbocycles. The maximum atomic E-state index is 11.6. The Morgan fingerprint density at radius 3 is 1.87 bits per heavy atom. The molecule has 4 nitrogen and oxygen atoms in total. The van der Waals surface area contributed by atoms with Gasteiger partial charge in [-0.1, -0.05) is 85.0 Å². The predicted octanol–water partition coefficient (Wildman–Crippen LogP) is 4.59. The first-order chi connectivity index (χ1) is 10.9. The molecule has 0 saturated carbocycles. The van der Waals surface area contributed by atoms with Gasteiger partial charge in [0.05, 0.1) is 12.0 Å². The summed E-state index contributed by atoms with van der Waals surface area (Å²) in [5.41, 5.74) is -0.679. The van der Waals surface area contributed by atoms with Gasteiger partial charge in [-0.15, -0.1) is 0 Å². The van der Waals surface area contributed by atoms with Crippen LogP contribution in [0.5, 0.6) is 0 Å². The molecule has 0 aromatic rings. The second-order valence-electron chi connectivity index (χ2n) is 7.49. The minimum atomic E-state index is -1.77. The van der Waals surface area contributed by atoms with Gasteiger partial charge >= 0.3 is 5.97 Å². The van der Waals surface area contributed by atoms with Gasteiger partial charge in [0.1, 0.15) is 6.61 Å². The number of esters is 1. The average molecular weight is 328 g/mol. The Bertz CT molecular complexity index is 340. The van der Waals surface area contributed by atoms with Crippen LogP contribution < -0.4 is 0 Å². The van der Waals surface area contributed by atoms with E-state index in [9.17, 15) is 9.90 Å². The molecule has 4 heteroatoms. The fourth-order valence-corrected chi connectivity index (χ4v) is 2.96. The highest BCUT2D eigenvalue weighted by molar-refractivity contribution is 5.80. The van der Waals surface area contributed by atoms with Crippen LogP contribution in [0.25, 0.3) is 0 Å². The van der Waals surface area contributed by atoms with Crippen molar-refractivity contribution in [3.05, 3.63) is 0 Å². The number of carbonyl (C=O) groups excluding carboxylic acids is 1. The summed E-state index contributed by atoms with van der Waals surface area (Å²) in [7, 11) is 0. The Labute approximate surface area is 141 Å². The van der Waals surface area contributed by atoms with Crippen LogP contribution in [-0.4, -0.2) is 30.1 Å². The normalized spacial score (nSPS) is 23.2. The zero-order chi connectivity index (χ0) is 17.2. The van der Waals surface area contributed by atoms with Crippen molar-refractivity contribution < 1.29 is 19.4 Å². The lowest BCUT2D eigenvalue weighted by atomic mass is 9.86. The maximum absolute atomic E-state index is 11.6. The number of ether oxygens (including phenoxy) is 2. The molecular formula is C19H36O4. The van der Waals surface area contributed by atoms with Crippen molar-refractivity contribution in [2.45, 2.75) is 97.2 Å². The summed E-state index contributed by atoms with van der Waals surface area (Å²) in [6, 6.07) is 0. The lowest BCUT2D eigenvalue weighted by Crippen LogP contribution is -2.49. The van der Waals surface area contributed by atoms with Gasteiger partial charge in [0, 0.05) is 0 Å². The Balaban J connectivity index is 1.97. The van der Waals surface area contributed by atoms with Crippen LogP contribution in [0.15, 0.2) is 0 Å². The minimum Gasteiger partial charge on any atom is -0.461 e. The van der Waals surface area contributed by atoms with E-state index in [4.69, 9.17) is 9.47 Å². The fraction of sp³-hybridized carbons (Fsp3) is 0.947. The van der Waals surface area contributed by atoms with E-state index in [1.165, 1.54) is 57.8 Å². The first-order valence-corrected chi connectivity index (χ1v) is 9.47. The monoisotopic (exact) mass is 328 g/mol. The van der Waals surface area contributed by atoms with E-state index in [0.717, 1.165) is 12.8 Å². The van der Waals surface area contributed by atoms with Crippen LogP contribution in [-0.2, 0) is 14.3 Å². The standard InChI is InChI=1S/C19H36O4/c1-4-5-6-7-8-9-10-11-12-13-14-15-23-19(21)17(20)22-16-18(19,2)3/h21H,4-16H2,1-3H3. The van der Waals surface area contributed by atoms with E-state index < -0.39 is 17.2 Å². The van der Waals surface area contributed by atoms with Crippen LogP contribution in [0.1, 0.15) is 91.4 Å². The third kappa shape index (κ3) is 6.42. The smallest absolute Gasteiger partial charge is 0.367 e. The van der Waals surface area contributed by atoms with Crippen molar-refractivity contribution in [3.63, 3.8) is 0 Å². The molecule has 1 fully saturated rings. The zero-order valence-corrected chi connectivity index (χ0v) is 15.4. The van der Waals surface area contributed by atoms with Gasteiger partial charge in [-0.05, 0) is 6.42 Å². The Hall–Kier alpha value is -0.610. The van der Waals surface area contributed by atoms with E-state index in [1.807, 2.05) is 0 Å². The molecule has 1 aliphatic rings. The first kappa shape index (κ1) is 20.4. The molecule has 0 amide bonds. The van der Waals surface area contributed by atoms with Crippen LogP contribution >= 0.6 is 0 Å². The van der Waals surface area contributed by atoms with E-state index in [2.05, 4.69) is 6.92 Å². The summed E-state index contributed by atoms with van der Waals surface area (Å²) >= 11 is 0. The summed E-state index contributed by atoms with van der Waals surface area (Å²) in [6.07, 6.45) is 13.9. The van der Waals surface area contributed by atoms with Crippen molar-refractivity contribution in [1.29, 1.82) is 0 Å². The molecular weight excluding hydrogens is 292 g/mol. The highest BCUT2D eigenvalue weighted by atomic mass is 16.7. The molecule has 1 unspecified atom stereocenters. The molecule has 0 bridgehead atoms. The molecule has 0 spiro atoms. The number of hydrogen-bond acceptors (Lipinski definition) is 4. The summed E-state index contributed by atoms with van der Waals surface area (Å²) < 4.78 is 10.4. The lowest BCUT2D eigenvalue weighted by Gasteiger charge is -2.30. The summed E-state index contributed by atoms with van der Waals surface area (Å²) in [5, 5.41) is 10.4. The summed E-state index contributed by atoms with van der Waals surface area (Å²) in [5.74, 6) is -2.42. The van der Waals surface area contributed by atoms with E-state index >= 15 is 0 Å². The molecule has 0 aromatic heterocycles. The Morgan fingerprint density at radius 1 is 0.957 bits per heavy atom. The maximum Gasteiger partial charge on any atom is 0.367 e. The molecule has 1 N–H and O–H groups in total. The first-order valence-electron chi connectivity index (χ1n) is 9.47. The van der Waals surface area contributed by atoms with Crippen LogP contribution in [0.4, 0.5) is 0 Å². The van der Waals surface area contributed by atoms with E-state index in [1.54, 1.807) is 13.8 Å². The zero-order valence-electron chi connectivity index (χ0n) is 15.4. The second kappa shape index (κ2) is 10.3. The van der Waals surface area contributed by atoms with Gasteiger partial charge in [0.25, 0.3) is 5.79 Å². The molecule has 0 radical (unpaired) electrons. The van der Waals surface area contributed by atoms with Crippen molar-refractivity contribution in [3.8, 4) is 0 Å². The third-order valence-corrected chi connectivity index (χ3v) is 4.82. The molecule has 1 aliphatic heterocycles. The summed E-state index contributed by atoms with van der Waals surface area (Å²) in [4.78, 5) is 11.6. The van der Waals surface area contributed by atoms with Crippen molar-refractivity contribution in [2.24, 2.45) is 5.41 Å². The van der Waals surface area contributed by atoms with Gasteiger partial charge in [-0.2, -0.15) is 0 Å². The average Bonchev–Trinajstić information content (AvgIpc) is 2.72. The summed E-state index contributed by atoms with van der Waals surface area (Å²) in [6.45, 7) is 6.45. The van der Waals surface area contributed by atoms with Gasteiger partial charge in [0.2, 0.25) is 0 Å². The van der Waals surface area contributed by atoms with Crippen LogP contribution in [0, 0.1) is 5.41 Å². The Kier molecular flexibility index (Phi) is 9.15.